The predicted molar refractivity (Wildman–Crippen MR) is 108 cm³/mol. The quantitative estimate of drug-likeness (QED) is 0.168. The number of rotatable bonds is 6. The van der Waals surface area contributed by atoms with Crippen LogP contribution >= 0.6 is 0 Å². The van der Waals surface area contributed by atoms with E-state index < -0.39 is 58.8 Å². The summed E-state index contributed by atoms with van der Waals surface area (Å²) in [5, 5.41) is -0.307. The zero-order valence-electron chi connectivity index (χ0n) is 17.8. The molecule has 7 nitrogen and oxygen atoms in total. The SMILES string of the molecule is C=C(C)C(=O)Oc1ccc2c(oc3c(OC(F)(F)F)c(OC(=O)C(=C)C)ccc32)c1OC(F)(F)F. The fraction of sp³-hybridized carbons (Fsp3) is 0.182. The zero-order chi connectivity index (χ0) is 26.3. The van der Waals surface area contributed by atoms with Crippen molar-refractivity contribution in [3.05, 3.63) is 48.6 Å². The van der Waals surface area contributed by atoms with Gasteiger partial charge in [-0.3, -0.25) is 0 Å². The van der Waals surface area contributed by atoms with Crippen LogP contribution in [0.3, 0.4) is 0 Å². The predicted octanol–water partition coefficient (Wildman–Crippen LogP) is 6.35. The maximum atomic E-state index is 13.1. The summed E-state index contributed by atoms with van der Waals surface area (Å²) in [7, 11) is 0. The molecular weight excluding hydrogens is 490 g/mol. The first-order valence-electron chi connectivity index (χ1n) is 9.36. The van der Waals surface area contributed by atoms with E-state index in [0.717, 1.165) is 24.3 Å². The van der Waals surface area contributed by atoms with Crippen molar-refractivity contribution in [1.29, 1.82) is 0 Å². The molecule has 0 N–H and O–H groups in total. The number of ether oxygens (including phenoxy) is 4. The Hall–Kier alpha value is -4.16. The summed E-state index contributed by atoms with van der Waals surface area (Å²) in [5.74, 6) is -5.95. The van der Waals surface area contributed by atoms with Gasteiger partial charge in [-0.1, -0.05) is 13.2 Å². The fourth-order valence-corrected chi connectivity index (χ4v) is 2.78. The monoisotopic (exact) mass is 504 g/mol. The number of furan rings is 1. The Morgan fingerprint density at radius 1 is 0.714 bits per heavy atom. The summed E-state index contributed by atoms with van der Waals surface area (Å²) in [6.07, 6.45) is -10.6. The van der Waals surface area contributed by atoms with Crippen LogP contribution in [0.2, 0.25) is 0 Å². The lowest BCUT2D eigenvalue weighted by atomic mass is 10.1. The van der Waals surface area contributed by atoms with Gasteiger partial charge in [-0.05, 0) is 38.1 Å². The molecule has 0 aliphatic carbocycles. The third kappa shape index (κ3) is 5.67. The summed E-state index contributed by atoms with van der Waals surface area (Å²) in [5.41, 5.74) is -1.76. The second kappa shape index (κ2) is 8.89. The topological polar surface area (TPSA) is 84.2 Å². The van der Waals surface area contributed by atoms with Gasteiger partial charge in [-0.2, -0.15) is 0 Å². The van der Waals surface area contributed by atoms with Gasteiger partial charge in [0.25, 0.3) is 0 Å². The first-order chi connectivity index (χ1) is 16.1. The highest BCUT2D eigenvalue weighted by atomic mass is 19.4. The molecule has 2 aromatic carbocycles. The van der Waals surface area contributed by atoms with Gasteiger partial charge in [0.15, 0.2) is 22.7 Å². The number of carbonyl (C=O) groups excluding carboxylic acids is 2. The van der Waals surface area contributed by atoms with E-state index in [1.807, 2.05) is 0 Å². The van der Waals surface area contributed by atoms with E-state index in [1.54, 1.807) is 0 Å². The number of benzene rings is 2. The van der Waals surface area contributed by atoms with Crippen molar-refractivity contribution in [3.63, 3.8) is 0 Å². The average molecular weight is 504 g/mol. The van der Waals surface area contributed by atoms with Crippen molar-refractivity contribution in [2.45, 2.75) is 26.6 Å². The van der Waals surface area contributed by atoms with Crippen molar-refractivity contribution in [3.8, 4) is 23.0 Å². The molecule has 3 aromatic rings. The van der Waals surface area contributed by atoms with Crippen molar-refractivity contribution in [2.24, 2.45) is 0 Å². The van der Waals surface area contributed by atoms with Crippen LogP contribution in [0.1, 0.15) is 13.8 Å². The molecule has 35 heavy (non-hydrogen) atoms. The molecule has 186 valence electrons. The Morgan fingerprint density at radius 3 is 1.34 bits per heavy atom. The minimum atomic E-state index is -5.30. The van der Waals surface area contributed by atoms with Gasteiger partial charge in [0.05, 0.1) is 0 Å². The Labute approximate surface area is 192 Å². The lowest BCUT2D eigenvalue weighted by Gasteiger charge is -2.13. The lowest BCUT2D eigenvalue weighted by Crippen LogP contribution is -2.19. The average Bonchev–Trinajstić information content (AvgIpc) is 3.08. The number of halogens is 6. The van der Waals surface area contributed by atoms with Crippen LogP contribution in [0.15, 0.2) is 53.0 Å². The molecule has 0 spiro atoms. The molecule has 0 atom stereocenters. The molecule has 0 fully saturated rings. The summed E-state index contributed by atoms with van der Waals surface area (Å²) >= 11 is 0. The van der Waals surface area contributed by atoms with Gasteiger partial charge in [-0.15, -0.1) is 26.3 Å². The molecular formula is C22H14F6O7. The van der Waals surface area contributed by atoms with E-state index in [0.29, 0.717) is 0 Å². The molecule has 0 saturated carbocycles. The van der Waals surface area contributed by atoms with Gasteiger partial charge >= 0.3 is 24.7 Å². The Morgan fingerprint density at radius 2 is 1.06 bits per heavy atom. The number of hydrogen-bond acceptors (Lipinski definition) is 7. The minimum absolute atomic E-state index is 0.154. The molecule has 1 aromatic heterocycles. The highest BCUT2D eigenvalue weighted by molar-refractivity contribution is 6.10. The van der Waals surface area contributed by atoms with Crippen LogP contribution in [-0.4, -0.2) is 24.7 Å². The first kappa shape index (κ1) is 25.5. The standard InChI is InChI=1S/C22H14F6O7/c1-9(2)19(29)31-13-7-5-11-12-6-8-14(32-20(30)10(3)4)18(35-22(26,27)28)16(12)33-15(11)17(13)34-21(23,24)25/h5-8H,1,3H2,2,4H3. The molecule has 3 rings (SSSR count). The van der Waals surface area contributed by atoms with Gasteiger partial charge in [0.2, 0.25) is 11.5 Å². The lowest BCUT2D eigenvalue weighted by molar-refractivity contribution is -0.275. The normalized spacial score (nSPS) is 11.9. The molecule has 0 unspecified atom stereocenters. The van der Waals surface area contributed by atoms with Crippen LogP contribution < -0.4 is 18.9 Å². The maximum Gasteiger partial charge on any atom is 0.573 e. The molecule has 0 radical (unpaired) electrons. The number of hydrogen-bond donors (Lipinski definition) is 0. The molecule has 0 aliphatic rings. The second-order valence-electron chi connectivity index (χ2n) is 7.08. The summed E-state index contributed by atoms with van der Waals surface area (Å²) in [6, 6.07) is 4.11. The Kier molecular flexibility index (Phi) is 6.47. The van der Waals surface area contributed by atoms with Crippen LogP contribution in [0.5, 0.6) is 23.0 Å². The van der Waals surface area contributed by atoms with Crippen LogP contribution in [0.4, 0.5) is 26.3 Å². The summed E-state index contributed by atoms with van der Waals surface area (Å²) < 4.78 is 102. The Balaban J connectivity index is 2.33. The molecule has 1 heterocycles. The first-order valence-corrected chi connectivity index (χ1v) is 9.36. The highest BCUT2D eigenvalue weighted by Crippen LogP contribution is 2.48. The molecule has 0 saturated heterocycles. The largest absolute Gasteiger partial charge is 0.573 e. The van der Waals surface area contributed by atoms with Gasteiger partial charge in [0.1, 0.15) is 0 Å². The Bertz CT molecular complexity index is 1260. The van der Waals surface area contributed by atoms with E-state index in [-0.39, 0.29) is 21.9 Å². The maximum absolute atomic E-state index is 13.1. The van der Waals surface area contributed by atoms with Crippen molar-refractivity contribution in [2.75, 3.05) is 0 Å². The van der Waals surface area contributed by atoms with E-state index in [2.05, 4.69) is 22.6 Å². The van der Waals surface area contributed by atoms with Gasteiger partial charge in [-0.25, -0.2) is 9.59 Å². The number of esters is 2. The van der Waals surface area contributed by atoms with Gasteiger partial charge in [0, 0.05) is 21.9 Å². The number of alkyl halides is 6. The molecule has 0 aliphatic heterocycles. The summed E-state index contributed by atoms with van der Waals surface area (Å²) in [4.78, 5) is 23.7. The van der Waals surface area contributed by atoms with E-state index in [9.17, 15) is 35.9 Å². The van der Waals surface area contributed by atoms with Crippen molar-refractivity contribution in [1.82, 2.24) is 0 Å². The van der Waals surface area contributed by atoms with E-state index >= 15 is 0 Å². The van der Waals surface area contributed by atoms with Gasteiger partial charge < -0.3 is 23.4 Å². The van der Waals surface area contributed by atoms with E-state index in [1.165, 1.54) is 13.8 Å². The highest BCUT2D eigenvalue weighted by Gasteiger charge is 2.37. The molecule has 0 bridgehead atoms. The fourth-order valence-electron chi connectivity index (χ4n) is 2.78. The summed E-state index contributed by atoms with van der Waals surface area (Å²) in [6.45, 7) is 9.10. The van der Waals surface area contributed by atoms with Crippen LogP contribution in [0, 0.1) is 0 Å². The third-order valence-electron chi connectivity index (χ3n) is 4.18. The van der Waals surface area contributed by atoms with Crippen molar-refractivity contribution < 1.29 is 59.3 Å². The van der Waals surface area contributed by atoms with Crippen molar-refractivity contribution >= 4 is 33.9 Å². The van der Waals surface area contributed by atoms with Crippen LogP contribution in [0.25, 0.3) is 21.9 Å². The number of carbonyl (C=O) groups is 2. The second-order valence-corrected chi connectivity index (χ2v) is 7.08. The smallest absolute Gasteiger partial charge is 0.448 e. The number of fused-ring (bicyclic) bond motifs is 3. The molecule has 13 heteroatoms. The zero-order valence-corrected chi connectivity index (χ0v) is 17.8. The third-order valence-corrected chi connectivity index (χ3v) is 4.18. The molecule has 0 amide bonds. The van der Waals surface area contributed by atoms with Crippen LogP contribution in [-0.2, 0) is 9.59 Å². The van der Waals surface area contributed by atoms with E-state index in [4.69, 9.17) is 13.9 Å². The minimum Gasteiger partial charge on any atom is -0.448 e.